The first-order valence-electron chi connectivity index (χ1n) is 3.47. The zero-order valence-corrected chi connectivity index (χ0v) is 6.38. The van der Waals surface area contributed by atoms with Crippen molar-refractivity contribution in [3.8, 4) is 0 Å². The molecule has 0 nitrogen and oxygen atoms in total. The van der Waals surface area contributed by atoms with Gasteiger partial charge < -0.3 is 0 Å². The second kappa shape index (κ2) is 12.6. The quantitative estimate of drug-likeness (QED) is 0.342. The van der Waals surface area contributed by atoms with Crippen LogP contribution in [-0.4, -0.2) is 57.3 Å². The average Bonchev–Trinajstić information content (AvgIpc) is 1.81. The van der Waals surface area contributed by atoms with Crippen molar-refractivity contribution in [3.63, 3.8) is 0 Å². The predicted octanol–water partition coefficient (Wildman–Crippen LogP) is 2.55. The molecule has 0 aromatic rings. The van der Waals surface area contributed by atoms with Crippen molar-refractivity contribution in [1.82, 2.24) is 0 Å². The van der Waals surface area contributed by atoms with Crippen LogP contribution in [0.2, 0.25) is 0 Å². The number of halogens is 1. The number of unbranched alkanes of at least 4 members (excludes halogenated alkanes) is 4. The second-order valence-electron chi connectivity index (χ2n) is 2.10. The fraction of sp³-hybridized carbons (Fsp3) is 1.00. The summed E-state index contributed by atoms with van der Waals surface area (Å²) in [5, 5.41) is 0. The van der Waals surface area contributed by atoms with Crippen molar-refractivity contribution in [2.24, 2.45) is 0 Å². The maximum atomic E-state index is 5.48. The van der Waals surface area contributed by atoms with Crippen LogP contribution in [0.1, 0.15) is 39.0 Å². The molecule has 0 aliphatic carbocycles. The maximum absolute atomic E-state index is 5.48. The zero-order chi connectivity index (χ0) is 6.24. The molecular formula is C7H16ClK. The van der Waals surface area contributed by atoms with Gasteiger partial charge in [-0.25, -0.2) is 0 Å². The Balaban J connectivity index is 0. The Morgan fingerprint density at radius 3 is 2.00 bits per heavy atom. The Morgan fingerprint density at radius 2 is 1.56 bits per heavy atom. The molecule has 0 N–H and O–H groups in total. The van der Waals surface area contributed by atoms with Crippen LogP contribution in [0.25, 0.3) is 0 Å². The van der Waals surface area contributed by atoms with Gasteiger partial charge in [0.15, 0.2) is 0 Å². The van der Waals surface area contributed by atoms with Gasteiger partial charge in [0.2, 0.25) is 0 Å². The van der Waals surface area contributed by atoms with Crippen molar-refractivity contribution in [2.45, 2.75) is 39.0 Å². The molecule has 2 heteroatoms. The van der Waals surface area contributed by atoms with E-state index < -0.39 is 0 Å². The molecule has 0 rings (SSSR count). The fourth-order valence-electron chi connectivity index (χ4n) is 0.698. The fourth-order valence-corrected chi connectivity index (χ4v) is 0.887. The summed E-state index contributed by atoms with van der Waals surface area (Å²) in [6.45, 7) is 2.22. The van der Waals surface area contributed by atoms with E-state index in [-0.39, 0.29) is 51.4 Å². The molecule has 0 saturated carbocycles. The SMILES string of the molecule is CCCCCCCCl.[KH]. The summed E-state index contributed by atoms with van der Waals surface area (Å²) < 4.78 is 0. The molecule has 52 valence electrons. The van der Waals surface area contributed by atoms with E-state index in [0.29, 0.717) is 0 Å². The van der Waals surface area contributed by atoms with E-state index >= 15 is 0 Å². The summed E-state index contributed by atoms with van der Waals surface area (Å²) in [4.78, 5) is 0. The van der Waals surface area contributed by atoms with Crippen molar-refractivity contribution in [2.75, 3.05) is 5.88 Å². The third-order valence-electron chi connectivity index (χ3n) is 1.24. The van der Waals surface area contributed by atoms with Gasteiger partial charge in [0.05, 0.1) is 0 Å². The monoisotopic (exact) mass is 174 g/mol. The van der Waals surface area contributed by atoms with Gasteiger partial charge in [0.1, 0.15) is 0 Å². The van der Waals surface area contributed by atoms with Gasteiger partial charge >= 0.3 is 51.4 Å². The zero-order valence-electron chi connectivity index (χ0n) is 5.62. The van der Waals surface area contributed by atoms with Crippen LogP contribution in [0.4, 0.5) is 0 Å². The molecule has 0 aromatic heterocycles. The van der Waals surface area contributed by atoms with E-state index in [0.717, 1.165) is 5.88 Å². The molecule has 0 aromatic carbocycles. The molecule has 0 unspecified atom stereocenters. The molecule has 0 amide bonds. The number of hydrogen-bond acceptors (Lipinski definition) is 0. The first-order valence-corrected chi connectivity index (χ1v) is 4.01. The van der Waals surface area contributed by atoms with Crippen LogP contribution >= 0.6 is 11.6 Å². The molecule has 0 aliphatic heterocycles. The van der Waals surface area contributed by atoms with E-state index in [4.69, 9.17) is 11.6 Å². The van der Waals surface area contributed by atoms with Crippen LogP contribution in [-0.2, 0) is 0 Å². The Morgan fingerprint density at radius 1 is 1.00 bits per heavy atom. The summed E-state index contributed by atoms with van der Waals surface area (Å²) in [5.74, 6) is 0.837. The summed E-state index contributed by atoms with van der Waals surface area (Å²) in [6.07, 6.45) is 6.57. The number of alkyl halides is 1. The average molecular weight is 175 g/mol. The molecule has 0 saturated heterocycles. The van der Waals surface area contributed by atoms with Gasteiger partial charge in [-0.15, -0.1) is 11.6 Å². The minimum atomic E-state index is 0. The number of hydrogen-bond donors (Lipinski definition) is 0. The number of rotatable bonds is 5. The van der Waals surface area contributed by atoms with Crippen molar-refractivity contribution < 1.29 is 0 Å². The Labute approximate surface area is 106 Å². The Bertz CT molecular complexity index is 33.9. The Hall–Kier alpha value is 1.93. The standard InChI is InChI=1S/C7H15Cl.K.H/c1-2-3-4-5-6-7-8;;/h2-7H2,1H3;;. The normalized spacial score (nSPS) is 8.67. The summed E-state index contributed by atoms with van der Waals surface area (Å²) >= 11 is 5.48. The predicted molar refractivity (Wildman–Crippen MR) is 46.6 cm³/mol. The van der Waals surface area contributed by atoms with E-state index in [9.17, 15) is 0 Å². The second-order valence-corrected chi connectivity index (χ2v) is 2.48. The van der Waals surface area contributed by atoms with Gasteiger partial charge in [0, 0.05) is 5.88 Å². The topological polar surface area (TPSA) is 0 Å². The van der Waals surface area contributed by atoms with Gasteiger partial charge in [-0.05, 0) is 6.42 Å². The minimum absolute atomic E-state index is 0. The van der Waals surface area contributed by atoms with Crippen LogP contribution in [0.3, 0.4) is 0 Å². The molecule has 0 spiro atoms. The van der Waals surface area contributed by atoms with Gasteiger partial charge in [-0.3, -0.25) is 0 Å². The molecule has 0 radical (unpaired) electrons. The first-order chi connectivity index (χ1) is 3.91. The van der Waals surface area contributed by atoms with Gasteiger partial charge in [-0.2, -0.15) is 0 Å². The van der Waals surface area contributed by atoms with E-state index in [1.54, 1.807) is 0 Å². The summed E-state index contributed by atoms with van der Waals surface area (Å²) in [7, 11) is 0. The van der Waals surface area contributed by atoms with Crippen LogP contribution in [0, 0.1) is 0 Å². The van der Waals surface area contributed by atoms with Gasteiger partial charge in [0.25, 0.3) is 0 Å². The van der Waals surface area contributed by atoms with Crippen LogP contribution in [0.15, 0.2) is 0 Å². The first kappa shape index (κ1) is 13.5. The molecule has 0 fully saturated rings. The molecular weight excluding hydrogens is 159 g/mol. The van der Waals surface area contributed by atoms with E-state index in [1.165, 1.54) is 32.1 Å². The van der Waals surface area contributed by atoms with E-state index in [2.05, 4.69) is 6.92 Å². The molecule has 0 atom stereocenters. The molecule has 0 aliphatic rings. The summed E-state index contributed by atoms with van der Waals surface area (Å²) in [5.41, 5.74) is 0. The van der Waals surface area contributed by atoms with Crippen molar-refractivity contribution in [1.29, 1.82) is 0 Å². The molecule has 9 heavy (non-hydrogen) atoms. The third-order valence-corrected chi connectivity index (χ3v) is 1.50. The van der Waals surface area contributed by atoms with Crippen molar-refractivity contribution in [3.05, 3.63) is 0 Å². The van der Waals surface area contributed by atoms with Crippen LogP contribution < -0.4 is 0 Å². The Kier molecular flexibility index (Phi) is 18.9. The molecule has 0 bridgehead atoms. The van der Waals surface area contributed by atoms with E-state index in [1.807, 2.05) is 0 Å². The van der Waals surface area contributed by atoms with Crippen LogP contribution in [0.5, 0.6) is 0 Å². The van der Waals surface area contributed by atoms with Gasteiger partial charge in [-0.1, -0.05) is 32.6 Å². The summed E-state index contributed by atoms with van der Waals surface area (Å²) in [6, 6.07) is 0. The molecule has 0 heterocycles. The third kappa shape index (κ3) is 13.0. The van der Waals surface area contributed by atoms with Crippen molar-refractivity contribution >= 4 is 63.0 Å².